The number of halogens is 1. The van der Waals surface area contributed by atoms with Gasteiger partial charge in [0.2, 0.25) is 0 Å². The first-order chi connectivity index (χ1) is 5.04. The number of hydrogen-bond acceptors (Lipinski definition) is 1. The maximum atomic E-state index is 9.48. The first kappa shape index (κ1) is 8.72. The van der Waals surface area contributed by atoms with Crippen molar-refractivity contribution < 1.29 is 5.11 Å². The zero-order chi connectivity index (χ0) is 8.59. The lowest BCUT2D eigenvalue weighted by Crippen LogP contribution is -2.17. The number of benzene rings is 1. The van der Waals surface area contributed by atoms with Crippen molar-refractivity contribution in [3.8, 4) is 5.75 Å². The number of hydrogen-bond donors (Lipinski definition) is 1. The van der Waals surface area contributed by atoms with Gasteiger partial charge in [0.25, 0.3) is 0 Å². The van der Waals surface area contributed by atoms with Gasteiger partial charge in [-0.05, 0) is 23.4 Å². The summed E-state index contributed by atoms with van der Waals surface area (Å²) in [6.07, 6.45) is 0. The third kappa shape index (κ3) is 1.45. The van der Waals surface area contributed by atoms with Gasteiger partial charge in [0.15, 0.2) is 0 Å². The minimum atomic E-state index is 0.391. The van der Waals surface area contributed by atoms with Gasteiger partial charge in [-0.15, -0.1) is 0 Å². The van der Waals surface area contributed by atoms with Gasteiger partial charge in [0.1, 0.15) is 21.4 Å². The smallest absolute Gasteiger partial charge is 0.145 e. The fraction of sp³-hybridized carbons (Fsp3) is 0.143. The molecule has 0 atom stereocenters. The van der Waals surface area contributed by atoms with Crippen LogP contribution in [0, 0.1) is 6.92 Å². The summed E-state index contributed by atoms with van der Waals surface area (Å²) in [4.78, 5) is 0. The monoisotopic (exact) mass is 210 g/mol. The van der Waals surface area contributed by atoms with Crippen LogP contribution in [0.25, 0.3) is 0 Å². The highest BCUT2D eigenvalue weighted by molar-refractivity contribution is 9.10. The Morgan fingerprint density at radius 1 is 1.45 bits per heavy atom. The molecule has 1 nitrogen and oxygen atoms in total. The molecule has 0 aliphatic carbocycles. The maximum Gasteiger partial charge on any atom is 0.145 e. The van der Waals surface area contributed by atoms with E-state index < -0.39 is 0 Å². The molecule has 0 aliphatic heterocycles. The number of aryl methyl sites for hydroxylation is 1. The standard InChI is InChI=1S/C7H9B2BrO/c1-3-2-4(8)7(11)5(9)6(3)10/h2,11H,8-9H2,1H3. The van der Waals surface area contributed by atoms with Crippen LogP contribution >= 0.6 is 15.9 Å². The highest BCUT2D eigenvalue weighted by Gasteiger charge is 2.05. The predicted octanol–water partition coefficient (Wildman–Crippen LogP) is -1.02. The van der Waals surface area contributed by atoms with Crippen molar-refractivity contribution in [1.29, 1.82) is 0 Å². The quantitative estimate of drug-likeness (QED) is 0.544. The van der Waals surface area contributed by atoms with Crippen LogP contribution in [0.15, 0.2) is 10.5 Å². The van der Waals surface area contributed by atoms with Gasteiger partial charge in [0, 0.05) is 4.47 Å². The van der Waals surface area contributed by atoms with E-state index in [1.807, 2.05) is 28.7 Å². The average molecular weight is 211 g/mol. The van der Waals surface area contributed by atoms with E-state index in [-0.39, 0.29) is 0 Å². The number of aromatic hydroxyl groups is 1. The highest BCUT2D eigenvalue weighted by Crippen LogP contribution is 2.15. The van der Waals surface area contributed by atoms with E-state index in [2.05, 4.69) is 15.9 Å². The Morgan fingerprint density at radius 3 is 2.55 bits per heavy atom. The lowest BCUT2D eigenvalue weighted by atomic mass is 9.84. The summed E-state index contributed by atoms with van der Waals surface area (Å²) in [5, 5.41) is 9.48. The molecule has 0 fully saturated rings. The zero-order valence-corrected chi connectivity index (χ0v) is 8.49. The number of rotatable bonds is 0. The molecule has 11 heavy (non-hydrogen) atoms. The van der Waals surface area contributed by atoms with Crippen LogP contribution in [-0.2, 0) is 0 Å². The molecule has 1 N–H and O–H groups in total. The third-order valence-corrected chi connectivity index (χ3v) is 3.06. The van der Waals surface area contributed by atoms with E-state index in [9.17, 15) is 5.11 Å². The molecule has 56 valence electrons. The van der Waals surface area contributed by atoms with Crippen molar-refractivity contribution in [3.05, 3.63) is 16.1 Å². The van der Waals surface area contributed by atoms with Crippen LogP contribution in [0.5, 0.6) is 5.75 Å². The van der Waals surface area contributed by atoms with Gasteiger partial charge in [-0.3, -0.25) is 0 Å². The van der Waals surface area contributed by atoms with E-state index in [1.165, 1.54) is 0 Å². The Labute approximate surface area is 76.8 Å². The molecule has 0 unspecified atom stereocenters. The SMILES string of the molecule is Bc1cc(C)c(Br)c(B)c1O. The molecular formula is C7H9B2BrO. The summed E-state index contributed by atoms with van der Waals surface area (Å²) < 4.78 is 1.00. The van der Waals surface area contributed by atoms with Crippen molar-refractivity contribution >= 4 is 42.5 Å². The van der Waals surface area contributed by atoms with Crippen molar-refractivity contribution in [2.75, 3.05) is 0 Å². The largest absolute Gasteiger partial charge is 0.509 e. The van der Waals surface area contributed by atoms with Crippen LogP contribution in [0.3, 0.4) is 0 Å². The highest BCUT2D eigenvalue weighted by atomic mass is 79.9. The van der Waals surface area contributed by atoms with Crippen LogP contribution in [0.2, 0.25) is 0 Å². The van der Waals surface area contributed by atoms with Crippen molar-refractivity contribution in [3.63, 3.8) is 0 Å². The van der Waals surface area contributed by atoms with Gasteiger partial charge in [0.05, 0.1) is 0 Å². The fourth-order valence-corrected chi connectivity index (χ4v) is 1.45. The van der Waals surface area contributed by atoms with Crippen LogP contribution in [-0.4, -0.2) is 20.8 Å². The van der Waals surface area contributed by atoms with E-state index in [0.29, 0.717) is 5.75 Å². The second-order valence-corrected chi connectivity index (χ2v) is 3.59. The molecule has 4 heteroatoms. The normalized spacial score (nSPS) is 10.0. The van der Waals surface area contributed by atoms with Crippen LogP contribution in [0.1, 0.15) is 5.56 Å². The van der Waals surface area contributed by atoms with Gasteiger partial charge in [-0.1, -0.05) is 22.0 Å². The van der Waals surface area contributed by atoms with Crippen molar-refractivity contribution in [1.82, 2.24) is 0 Å². The Kier molecular flexibility index (Phi) is 2.33. The lowest BCUT2D eigenvalue weighted by Gasteiger charge is -2.08. The van der Waals surface area contributed by atoms with E-state index in [0.717, 1.165) is 21.0 Å². The van der Waals surface area contributed by atoms with Crippen LogP contribution < -0.4 is 10.9 Å². The Hall–Kier alpha value is -0.370. The molecule has 1 aromatic carbocycles. The molecule has 1 rings (SSSR count). The third-order valence-electron chi connectivity index (χ3n) is 1.84. The number of phenolic OH excluding ortho intramolecular Hbond substituents is 1. The molecule has 0 saturated heterocycles. The van der Waals surface area contributed by atoms with Crippen molar-refractivity contribution in [2.45, 2.75) is 6.92 Å². The first-order valence-corrected chi connectivity index (χ1v) is 4.28. The zero-order valence-electron chi connectivity index (χ0n) is 6.90. The summed E-state index contributed by atoms with van der Waals surface area (Å²) >= 11 is 3.40. The summed E-state index contributed by atoms with van der Waals surface area (Å²) in [6, 6.07) is 1.96. The minimum Gasteiger partial charge on any atom is -0.509 e. The van der Waals surface area contributed by atoms with Gasteiger partial charge in [-0.25, -0.2) is 0 Å². The van der Waals surface area contributed by atoms with Crippen molar-refractivity contribution in [2.24, 2.45) is 0 Å². The molecule has 0 aliphatic rings. The lowest BCUT2D eigenvalue weighted by molar-refractivity contribution is 0.483. The number of phenols is 1. The summed E-state index contributed by atoms with van der Waals surface area (Å²) in [7, 11) is 3.81. The summed E-state index contributed by atoms with van der Waals surface area (Å²) in [6.45, 7) is 2.02. The summed E-state index contributed by atoms with van der Waals surface area (Å²) in [5.41, 5.74) is 3.02. The fourth-order valence-electron chi connectivity index (χ4n) is 1.15. The average Bonchev–Trinajstić information content (AvgIpc) is 1.97. The van der Waals surface area contributed by atoms with Crippen LogP contribution in [0.4, 0.5) is 0 Å². The molecule has 0 radical (unpaired) electrons. The maximum absolute atomic E-state index is 9.48. The molecule has 0 aromatic heterocycles. The van der Waals surface area contributed by atoms with E-state index in [1.54, 1.807) is 0 Å². The molecule has 0 amide bonds. The minimum absolute atomic E-state index is 0.391. The van der Waals surface area contributed by atoms with E-state index >= 15 is 0 Å². The Morgan fingerprint density at radius 2 is 2.00 bits per heavy atom. The molecule has 0 heterocycles. The molecule has 0 saturated carbocycles. The molecule has 1 aromatic rings. The molecular weight excluding hydrogens is 202 g/mol. The Bertz CT molecular complexity index is 273. The van der Waals surface area contributed by atoms with Gasteiger partial charge < -0.3 is 5.11 Å². The van der Waals surface area contributed by atoms with Gasteiger partial charge >= 0.3 is 0 Å². The molecule has 0 bridgehead atoms. The summed E-state index contributed by atoms with van der Waals surface area (Å²) in [5.74, 6) is 0.391. The second kappa shape index (κ2) is 2.94. The Balaban J connectivity index is 3.46. The van der Waals surface area contributed by atoms with Gasteiger partial charge in [-0.2, -0.15) is 0 Å². The molecule has 0 spiro atoms. The topological polar surface area (TPSA) is 20.2 Å². The second-order valence-electron chi connectivity index (χ2n) is 2.80. The first-order valence-electron chi connectivity index (χ1n) is 3.49. The predicted molar refractivity (Wildman–Crippen MR) is 56.9 cm³/mol. The van der Waals surface area contributed by atoms with E-state index in [4.69, 9.17) is 0 Å².